The maximum absolute atomic E-state index is 12.3. The maximum Gasteiger partial charge on any atom is 0.251 e. The van der Waals surface area contributed by atoms with Crippen molar-refractivity contribution >= 4 is 17.4 Å². The van der Waals surface area contributed by atoms with Crippen LogP contribution in [0, 0.1) is 0 Å². The van der Waals surface area contributed by atoms with Gasteiger partial charge in [-0.05, 0) is 24.3 Å². The molecule has 0 saturated carbocycles. The highest BCUT2D eigenvalue weighted by molar-refractivity contribution is 5.95. The van der Waals surface area contributed by atoms with Crippen LogP contribution in [-0.4, -0.2) is 46.7 Å². The van der Waals surface area contributed by atoms with E-state index in [0.717, 1.165) is 42.4 Å². The predicted molar refractivity (Wildman–Crippen MR) is 92.1 cm³/mol. The summed E-state index contributed by atoms with van der Waals surface area (Å²) in [6, 6.07) is 11.4. The van der Waals surface area contributed by atoms with E-state index >= 15 is 0 Å². The number of carbonyl (C=O) groups excluding carboxylic acids is 1. The van der Waals surface area contributed by atoms with Crippen molar-refractivity contribution in [1.82, 2.24) is 25.2 Å². The van der Waals surface area contributed by atoms with Crippen LogP contribution >= 0.6 is 0 Å². The third kappa shape index (κ3) is 2.81. The van der Waals surface area contributed by atoms with Crippen molar-refractivity contribution in [2.45, 2.75) is 0 Å². The molecule has 0 fully saturated rings. The van der Waals surface area contributed by atoms with Gasteiger partial charge < -0.3 is 16.0 Å². The van der Waals surface area contributed by atoms with Crippen LogP contribution in [0.25, 0.3) is 16.9 Å². The van der Waals surface area contributed by atoms with E-state index in [1.165, 1.54) is 0 Å². The molecular formula is C17H18N6O. The van der Waals surface area contributed by atoms with Gasteiger partial charge in [-0.15, -0.1) is 5.10 Å². The van der Waals surface area contributed by atoms with Gasteiger partial charge in [-0.25, -0.2) is 9.50 Å². The van der Waals surface area contributed by atoms with Crippen LogP contribution in [0.2, 0.25) is 0 Å². The fourth-order valence-electron chi connectivity index (χ4n) is 2.75. The highest BCUT2D eigenvalue weighted by Gasteiger charge is 2.11. The Morgan fingerprint density at radius 3 is 2.71 bits per heavy atom. The van der Waals surface area contributed by atoms with Crippen molar-refractivity contribution in [2.24, 2.45) is 0 Å². The molecule has 3 aromatic rings. The third-order valence-corrected chi connectivity index (χ3v) is 3.98. The van der Waals surface area contributed by atoms with Crippen molar-refractivity contribution in [3.05, 3.63) is 48.2 Å². The molecule has 0 radical (unpaired) electrons. The Morgan fingerprint density at radius 2 is 1.79 bits per heavy atom. The molecule has 2 aromatic heterocycles. The summed E-state index contributed by atoms with van der Waals surface area (Å²) in [4.78, 5) is 16.7. The lowest BCUT2D eigenvalue weighted by molar-refractivity contribution is 0.0954. The highest BCUT2D eigenvalue weighted by Crippen LogP contribution is 2.22. The van der Waals surface area contributed by atoms with Crippen LogP contribution in [0.4, 0.5) is 5.82 Å². The monoisotopic (exact) mass is 322 g/mol. The summed E-state index contributed by atoms with van der Waals surface area (Å²) >= 11 is 0. The zero-order valence-corrected chi connectivity index (χ0v) is 13.1. The lowest BCUT2D eigenvalue weighted by atomic mass is 10.1. The normalized spacial score (nSPS) is 15.4. The first kappa shape index (κ1) is 14.6. The molecular weight excluding hydrogens is 304 g/mol. The van der Waals surface area contributed by atoms with Crippen molar-refractivity contribution in [2.75, 3.05) is 31.5 Å². The molecule has 4 rings (SSSR count). The fraction of sp³-hybridized carbons (Fsp3) is 0.235. The molecule has 122 valence electrons. The standard InChI is InChI=1S/C17H18N6O/c24-17-13-3-1-2-12(10-13)14-11-21-16-5-4-15(22-23(14)16)19-8-6-18-7-9-20-17/h1-5,10-11,18H,6-9H2,(H,19,22)(H,20,24). The van der Waals surface area contributed by atoms with E-state index in [-0.39, 0.29) is 5.91 Å². The van der Waals surface area contributed by atoms with Gasteiger partial charge in [0.05, 0.1) is 11.9 Å². The average Bonchev–Trinajstić information content (AvgIpc) is 3.03. The number of rotatable bonds is 0. The third-order valence-electron chi connectivity index (χ3n) is 3.98. The van der Waals surface area contributed by atoms with E-state index < -0.39 is 0 Å². The number of benzene rings is 1. The van der Waals surface area contributed by atoms with Gasteiger partial charge in [-0.2, -0.15) is 0 Å². The first-order valence-corrected chi connectivity index (χ1v) is 7.99. The number of imidazole rings is 1. The smallest absolute Gasteiger partial charge is 0.251 e. The lowest BCUT2D eigenvalue weighted by Gasteiger charge is -2.08. The molecule has 7 heteroatoms. The Kier molecular flexibility index (Phi) is 3.84. The van der Waals surface area contributed by atoms with E-state index in [9.17, 15) is 4.79 Å². The number of amides is 1. The molecule has 1 aromatic carbocycles. The van der Waals surface area contributed by atoms with E-state index in [2.05, 4.69) is 26.0 Å². The highest BCUT2D eigenvalue weighted by atomic mass is 16.1. The number of carbonyl (C=O) groups is 1. The molecule has 3 N–H and O–H groups in total. The fourth-order valence-corrected chi connectivity index (χ4v) is 2.75. The lowest BCUT2D eigenvalue weighted by Crippen LogP contribution is -2.33. The molecule has 7 nitrogen and oxygen atoms in total. The molecule has 4 bridgehead atoms. The Balaban J connectivity index is 1.82. The van der Waals surface area contributed by atoms with E-state index in [1.54, 1.807) is 10.7 Å². The van der Waals surface area contributed by atoms with Gasteiger partial charge in [0.15, 0.2) is 5.65 Å². The van der Waals surface area contributed by atoms with Crippen molar-refractivity contribution in [1.29, 1.82) is 0 Å². The number of fused-ring (bicyclic) bond motifs is 4. The first-order chi connectivity index (χ1) is 11.8. The quantitative estimate of drug-likeness (QED) is 0.578. The van der Waals surface area contributed by atoms with Crippen molar-refractivity contribution < 1.29 is 4.79 Å². The number of nitrogens with zero attached hydrogens (tertiary/aromatic N) is 3. The summed E-state index contributed by atoms with van der Waals surface area (Å²) < 4.78 is 1.80. The second-order valence-electron chi connectivity index (χ2n) is 5.65. The van der Waals surface area contributed by atoms with Gasteiger partial charge in [-0.1, -0.05) is 12.1 Å². The minimum Gasteiger partial charge on any atom is -0.367 e. The number of hydrogen-bond acceptors (Lipinski definition) is 5. The first-order valence-electron chi connectivity index (χ1n) is 7.99. The molecule has 0 saturated heterocycles. The molecule has 24 heavy (non-hydrogen) atoms. The summed E-state index contributed by atoms with van der Waals surface area (Å²) in [5, 5.41) is 14.1. The van der Waals surface area contributed by atoms with Crippen LogP contribution < -0.4 is 16.0 Å². The minimum absolute atomic E-state index is 0.0749. The zero-order valence-electron chi connectivity index (χ0n) is 13.1. The van der Waals surface area contributed by atoms with Gasteiger partial charge in [0.1, 0.15) is 5.82 Å². The number of anilines is 1. The van der Waals surface area contributed by atoms with Crippen LogP contribution in [0.5, 0.6) is 0 Å². The molecule has 1 aliphatic heterocycles. The number of aromatic nitrogens is 3. The summed E-state index contributed by atoms with van der Waals surface area (Å²) in [7, 11) is 0. The Labute approximate surface area is 139 Å². The number of nitrogens with one attached hydrogen (secondary N) is 3. The van der Waals surface area contributed by atoms with E-state index in [1.807, 2.05) is 36.4 Å². The molecule has 1 amide bonds. The Morgan fingerprint density at radius 1 is 0.958 bits per heavy atom. The maximum atomic E-state index is 12.3. The van der Waals surface area contributed by atoms with Crippen LogP contribution in [0.15, 0.2) is 42.6 Å². The number of hydrogen-bond donors (Lipinski definition) is 3. The summed E-state index contributed by atoms with van der Waals surface area (Å²) in [6.07, 6.45) is 1.78. The second kappa shape index (κ2) is 6.29. The molecule has 3 heterocycles. The predicted octanol–water partition coefficient (Wildman–Crippen LogP) is 1.14. The van der Waals surface area contributed by atoms with Gasteiger partial charge >= 0.3 is 0 Å². The SMILES string of the molecule is O=C1NCCNCCNc2ccc3ncc(n3n2)-c2cccc1c2. The molecule has 1 aliphatic rings. The van der Waals surface area contributed by atoms with Crippen LogP contribution in [0.1, 0.15) is 10.4 Å². The van der Waals surface area contributed by atoms with Crippen LogP contribution in [-0.2, 0) is 0 Å². The zero-order chi connectivity index (χ0) is 16.4. The summed E-state index contributed by atoms with van der Waals surface area (Å²) in [6.45, 7) is 2.86. The van der Waals surface area contributed by atoms with Gasteiger partial charge in [0.2, 0.25) is 0 Å². The van der Waals surface area contributed by atoms with Crippen molar-refractivity contribution in [3.8, 4) is 11.3 Å². The topological polar surface area (TPSA) is 83.4 Å². The molecule has 0 unspecified atom stereocenters. The van der Waals surface area contributed by atoms with Crippen LogP contribution in [0.3, 0.4) is 0 Å². The van der Waals surface area contributed by atoms with E-state index in [0.29, 0.717) is 12.1 Å². The average molecular weight is 322 g/mol. The van der Waals surface area contributed by atoms with Crippen molar-refractivity contribution in [3.63, 3.8) is 0 Å². The van der Waals surface area contributed by atoms with Gasteiger partial charge in [-0.3, -0.25) is 4.79 Å². The molecule has 0 atom stereocenters. The Bertz CT molecular complexity index is 888. The minimum atomic E-state index is -0.0749. The van der Waals surface area contributed by atoms with E-state index in [4.69, 9.17) is 0 Å². The molecule has 0 spiro atoms. The Hall–Kier alpha value is -2.93. The molecule has 0 aliphatic carbocycles. The second-order valence-corrected chi connectivity index (χ2v) is 5.65. The summed E-state index contributed by atoms with van der Waals surface area (Å²) in [5.74, 6) is 0.720. The summed E-state index contributed by atoms with van der Waals surface area (Å²) in [5.41, 5.74) is 3.17. The largest absolute Gasteiger partial charge is 0.367 e. The van der Waals surface area contributed by atoms with Gasteiger partial charge in [0, 0.05) is 37.3 Å². The van der Waals surface area contributed by atoms with Gasteiger partial charge in [0.25, 0.3) is 5.91 Å².